The second-order valence-electron chi connectivity index (χ2n) is 5.66. The zero-order valence-corrected chi connectivity index (χ0v) is 12.1. The summed E-state index contributed by atoms with van der Waals surface area (Å²) in [7, 11) is 0. The molecule has 2 heterocycles. The van der Waals surface area contributed by atoms with Gasteiger partial charge >= 0.3 is 5.97 Å². The first kappa shape index (κ1) is 14.8. The predicted molar refractivity (Wildman–Crippen MR) is 71.6 cm³/mol. The van der Waals surface area contributed by atoms with Crippen LogP contribution in [0.25, 0.3) is 0 Å². The monoisotopic (exact) mass is 270 g/mol. The van der Waals surface area contributed by atoms with Crippen LogP contribution in [-0.4, -0.2) is 31.6 Å². The van der Waals surface area contributed by atoms with Crippen LogP contribution in [0, 0.1) is 11.8 Å². The molecule has 4 nitrogen and oxygen atoms in total. The Morgan fingerprint density at radius 1 is 1.21 bits per heavy atom. The highest BCUT2D eigenvalue weighted by atomic mass is 16.7. The lowest BCUT2D eigenvalue weighted by Crippen LogP contribution is -2.39. The molecule has 0 radical (unpaired) electrons. The Kier molecular flexibility index (Phi) is 5.64. The molecule has 3 atom stereocenters. The second-order valence-corrected chi connectivity index (χ2v) is 5.66. The van der Waals surface area contributed by atoms with E-state index in [4.69, 9.17) is 14.2 Å². The van der Waals surface area contributed by atoms with Crippen LogP contribution in [0.5, 0.6) is 0 Å². The SMILES string of the molecule is CCC(CCC1OCCO1)CC(CC)C1CC(=O)O1. The van der Waals surface area contributed by atoms with Crippen LogP contribution in [0.2, 0.25) is 0 Å². The number of hydrogen-bond acceptors (Lipinski definition) is 4. The Balaban J connectivity index is 1.71. The number of rotatable bonds is 8. The van der Waals surface area contributed by atoms with Crippen molar-refractivity contribution in [3.63, 3.8) is 0 Å². The van der Waals surface area contributed by atoms with E-state index in [0.717, 1.165) is 38.9 Å². The van der Waals surface area contributed by atoms with Gasteiger partial charge in [-0.15, -0.1) is 0 Å². The predicted octanol–water partition coefficient (Wildman–Crippen LogP) is 2.90. The van der Waals surface area contributed by atoms with Crippen LogP contribution < -0.4 is 0 Å². The minimum absolute atomic E-state index is 0.00987. The van der Waals surface area contributed by atoms with E-state index in [1.165, 1.54) is 6.42 Å². The average Bonchev–Trinajstić information content (AvgIpc) is 2.89. The first-order valence-electron chi connectivity index (χ1n) is 7.65. The summed E-state index contributed by atoms with van der Waals surface area (Å²) in [6, 6.07) is 0. The Morgan fingerprint density at radius 3 is 2.42 bits per heavy atom. The van der Waals surface area contributed by atoms with Gasteiger partial charge in [0.25, 0.3) is 0 Å². The molecule has 2 saturated heterocycles. The van der Waals surface area contributed by atoms with E-state index in [9.17, 15) is 4.79 Å². The lowest BCUT2D eigenvalue weighted by Gasteiger charge is -2.34. The van der Waals surface area contributed by atoms with Crippen LogP contribution >= 0.6 is 0 Å². The van der Waals surface area contributed by atoms with Crippen molar-refractivity contribution in [2.75, 3.05) is 13.2 Å². The first-order valence-corrected chi connectivity index (χ1v) is 7.65. The topological polar surface area (TPSA) is 44.8 Å². The minimum atomic E-state index is -0.0377. The number of esters is 1. The second kappa shape index (κ2) is 7.25. The van der Waals surface area contributed by atoms with Gasteiger partial charge in [0.15, 0.2) is 6.29 Å². The zero-order chi connectivity index (χ0) is 13.7. The molecule has 0 amide bonds. The van der Waals surface area contributed by atoms with Crippen molar-refractivity contribution in [2.24, 2.45) is 11.8 Å². The van der Waals surface area contributed by atoms with Gasteiger partial charge in [0.1, 0.15) is 6.10 Å². The molecule has 0 aromatic carbocycles. The molecule has 2 aliphatic heterocycles. The van der Waals surface area contributed by atoms with Gasteiger partial charge in [-0.05, 0) is 37.5 Å². The van der Waals surface area contributed by atoms with E-state index in [1.807, 2.05) is 0 Å². The largest absolute Gasteiger partial charge is 0.461 e. The molecule has 0 aromatic rings. The van der Waals surface area contributed by atoms with Gasteiger partial charge in [-0.25, -0.2) is 0 Å². The summed E-state index contributed by atoms with van der Waals surface area (Å²) in [4.78, 5) is 10.9. The molecule has 0 bridgehead atoms. The van der Waals surface area contributed by atoms with Crippen molar-refractivity contribution >= 4 is 5.97 Å². The third-order valence-electron chi connectivity index (χ3n) is 4.42. The van der Waals surface area contributed by atoms with Crippen molar-refractivity contribution in [3.8, 4) is 0 Å². The molecule has 0 aliphatic carbocycles. The summed E-state index contributed by atoms with van der Waals surface area (Å²) < 4.78 is 16.2. The summed E-state index contributed by atoms with van der Waals surface area (Å²) in [5.41, 5.74) is 0. The van der Waals surface area contributed by atoms with E-state index in [2.05, 4.69) is 13.8 Å². The van der Waals surface area contributed by atoms with E-state index < -0.39 is 0 Å². The maximum absolute atomic E-state index is 10.9. The van der Waals surface area contributed by atoms with Gasteiger partial charge in [0.05, 0.1) is 19.6 Å². The average molecular weight is 270 g/mol. The number of ether oxygens (including phenoxy) is 3. The standard InChI is InChI=1S/C15H26O4/c1-3-11(5-6-15-17-7-8-18-15)9-12(4-2)13-10-14(16)19-13/h11-13,15H,3-10H2,1-2H3. The van der Waals surface area contributed by atoms with Crippen LogP contribution in [0.1, 0.15) is 52.4 Å². The fourth-order valence-corrected chi connectivity index (χ4v) is 3.03. The van der Waals surface area contributed by atoms with E-state index in [1.54, 1.807) is 0 Å². The molecule has 0 spiro atoms. The molecule has 0 saturated carbocycles. The van der Waals surface area contributed by atoms with Crippen molar-refractivity contribution in [3.05, 3.63) is 0 Å². The van der Waals surface area contributed by atoms with Gasteiger partial charge in [0, 0.05) is 0 Å². The molecule has 3 unspecified atom stereocenters. The lowest BCUT2D eigenvalue weighted by atomic mass is 9.82. The number of carbonyl (C=O) groups excluding carboxylic acids is 1. The summed E-state index contributed by atoms with van der Waals surface area (Å²) in [5.74, 6) is 1.16. The van der Waals surface area contributed by atoms with Crippen molar-refractivity contribution < 1.29 is 19.0 Å². The highest BCUT2D eigenvalue weighted by Gasteiger charge is 2.35. The smallest absolute Gasteiger partial charge is 0.309 e. The maximum Gasteiger partial charge on any atom is 0.309 e. The zero-order valence-electron chi connectivity index (χ0n) is 12.1. The highest BCUT2D eigenvalue weighted by molar-refractivity contribution is 5.75. The molecular weight excluding hydrogens is 244 g/mol. The van der Waals surface area contributed by atoms with E-state index in [-0.39, 0.29) is 18.4 Å². The van der Waals surface area contributed by atoms with E-state index >= 15 is 0 Å². The molecule has 2 fully saturated rings. The van der Waals surface area contributed by atoms with Gasteiger partial charge in [-0.2, -0.15) is 0 Å². The summed E-state index contributed by atoms with van der Waals surface area (Å²) in [6.07, 6.45) is 6.33. The fourth-order valence-electron chi connectivity index (χ4n) is 3.03. The lowest BCUT2D eigenvalue weighted by molar-refractivity contribution is -0.175. The molecule has 2 aliphatic rings. The number of cyclic esters (lactones) is 1. The maximum atomic E-state index is 10.9. The molecule has 0 aromatic heterocycles. The third-order valence-corrected chi connectivity index (χ3v) is 4.42. The van der Waals surface area contributed by atoms with Crippen LogP contribution in [0.3, 0.4) is 0 Å². The molecule has 2 rings (SSSR count). The Bertz CT molecular complexity index is 278. The quantitative estimate of drug-likeness (QED) is 0.636. The van der Waals surface area contributed by atoms with Crippen LogP contribution in [-0.2, 0) is 19.0 Å². The highest BCUT2D eigenvalue weighted by Crippen LogP contribution is 2.32. The summed E-state index contributed by atoms with van der Waals surface area (Å²) in [5, 5.41) is 0. The van der Waals surface area contributed by atoms with Gasteiger partial charge < -0.3 is 14.2 Å². The van der Waals surface area contributed by atoms with Crippen molar-refractivity contribution in [1.29, 1.82) is 0 Å². The van der Waals surface area contributed by atoms with Gasteiger partial charge in [0.2, 0.25) is 0 Å². The molecule has 0 N–H and O–H groups in total. The van der Waals surface area contributed by atoms with E-state index in [0.29, 0.717) is 18.3 Å². The molecule has 110 valence electrons. The Morgan fingerprint density at radius 2 is 1.89 bits per heavy atom. The molecule has 4 heteroatoms. The van der Waals surface area contributed by atoms with Gasteiger partial charge in [-0.1, -0.05) is 20.3 Å². The third kappa shape index (κ3) is 4.18. The van der Waals surface area contributed by atoms with Crippen molar-refractivity contribution in [1.82, 2.24) is 0 Å². The van der Waals surface area contributed by atoms with Gasteiger partial charge in [-0.3, -0.25) is 4.79 Å². The summed E-state index contributed by atoms with van der Waals surface area (Å²) in [6.45, 7) is 5.89. The minimum Gasteiger partial charge on any atom is -0.461 e. The fraction of sp³-hybridized carbons (Fsp3) is 0.933. The summed E-state index contributed by atoms with van der Waals surface area (Å²) >= 11 is 0. The van der Waals surface area contributed by atoms with Crippen LogP contribution in [0.4, 0.5) is 0 Å². The normalized spacial score (nSPS) is 26.8. The Hall–Kier alpha value is -0.610. The number of hydrogen-bond donors (Lipinski definition) is 0. The molecule has 19 heavy (non-hydrogen) atoms. The number of carbonyl (C=O) groups is 1. The van der Waals surface area contributed by atoms with Crippen LogP contribution in [0.15, 0.2) is 0 Å². The Labute approximate surface area is 115 Å². The van der Waals surface area contributed by atoms with Crippen molar-refractivity contribution in [2.45, 2.75) is 64.8 Å². The first-order chi connectivity index (χ1) is 9.22. The molecular formula is C15H26O4.